The van der Waals surface area contributed by atoms with Gasteiger partial charge in [-0.05, 0) is 44.3 Å². The fourth-order valence-corrected chi connectivity index (χ4v) is 4.35. The summed E-state index contributed by atoms with van der Waals surface area (Å²) in [7, 11) is -1.83. The average molecular weight is 333 g/mol. The third-order valence-electron chi connectivity index (χ3n) is 3.68. The third-order valence-corrected chi connectivity index (χ3v) is 5.59. The molecule has 0 saturated heterocycles. The number of rotatable bonds is 5. The van der Waals surface area contributed by atoms with E-state index in [4.69, 9.17) is 4.74 Å². The van der Waals surface area contributed by atoms with Crippen LogP contribution < -0.4 is 14.4 Å². The third kappa shape index (κ3) is 3.02. The maximum absolute atomic E-state index is 13.0. The Morgan fingerprint density at radius 2 is 2.09 bits per heavy atom. The zero-order valence-electron chi connectivity index (χ0n) is 12.8. The Morgan fingerprint density at radius 1 is 1.26 bits per heavy atom. The van der Waals surface area contributed by atoms with E-state index < -0.39 is 15.5 Å². The van der Waals surface area contributed by atoms with Crippen LogP contribution in [0.2, 0.25) is 0 Å². The van der Waals surface area contributed by atoms with E-state index in [1.807, 2.05) is 13.1 Å². The van der Waals surface area contributed by atoms with Gasteiger partial charge in [0.2, 0.25) is 5.44 Å². The fourth-order valence-electron chi connectivity index (χ4n) is 2.59. The quantitative estimate of drug-likeness (QED) is 0.850. The molecule has 0 radical (unpaired) electrons. The first-order valence-electron chi connectivity index (χ1n) is 7.49. The van der Waals surface area contributed by atoms with Gasteiger partial charge in [0, 0.05) is 12.6 Å². The lowest BCUT2D eigenvalue weighted by Crippen LogP contribution is -2.43. The summed E-state index contributed by atoms with van der Waals surface area (Å²) >= 11 is 0. The maximum Gasteiger partial charge on any atom is 0.278 e. The predicted octanol–water partition coefficient (Wildman–Crippen LogP) is 2.27. The molecule has 23 heavy (non-hydrogen) atoms. The van der Waals surface area contributed by atoms with E-state index >= 15 is 0 Å². The molecule has 6 nitrogen and oxygen atoms in total. The van der Waals surface area contributed by atoms with E-state index in [1.165, 1.54) is 4.31 Å². The van der Waals surface area contributed by atoms with Crippen molar-refractivity contribution in [1.29, 1.82) is 0 Å². The number of hydrogen-bond acceptors (Lipinski definition) is 5. The summed E-state index contributed by atoms with van der Waals surface area (Å²) in [6, 6.07) is 10.6. The highest BCUT2D eigenvalue weighted by molar-refractivity contribution is 7.93. The van der Waals surface area contributed by atoms with Crippen molar-refractivity contribution in [3.63, 3.8) is 0 Å². The molecule has 1 aromatic carbocycles. The van der Waals surface area contributed by atoms with Crippen molar-refractivity contribution in [3.8, 4) is 5.75 Å². The molecule has 3 rings (SSSR count). The van der Waals surface area contributed by atoms with Gasteiger partial charge in [-0.2, -0.15) is 0 Å². The minimum Gasteiger partial charge on any atom is -0.470 e. The number of anilines is 2. The number of aromatic nitrogens is 1. The van der Waals surface area contributed by atoms with E-state index in [0.29, 0.717) is 30.0 Å². The predicted molar refractivity (Wildman–Crippen MR) is 89.3 cm³/mol. The summed E-state index contributed by atoms with van der Waals surface area (Å²) in [6.45, 7) is 0.740. The highest BCUT2D eigenvalue weighted by atomic mass is 32.2. The maximum atomic E-state index is 13.0. The number of fused-ring (bicyclic) bond motifs is 1. The SMILES string of the molecule is CNCCCC1Oc2ccccc2N(c2cccnc2)S1(=O)=O. The topological polar surface area (TPSA) is 71.5 Å². The molecule has 0 amide bonds. The van der Waals surface area contributed by atoms with Crippen LogP contribution in [0.25, 0.3) is 0 Å². The largest absolute Gasteiger partial charge is 0.470 e. The second kappa shape index (κ2) is 6.55. The van der Waals surface area contributed by atoms with Crippen LogP contribution >= 0.6 is 0 Å². The van der Waals surface area contributed by atoms with Crippen LogP contribution in [0.5, 0.6) is 5.75 Å². The van der Waals surface area contributed by atoms with E-state index in [1.54, 1.807) is 42.7 Å². The first-order valence-corrected chi connectivity index (χ1v) is 8.99. The summed E-state index contributed by atoms with van der Waals surface area (Å²) in [6.07, 6.45) is 4.30. The molecule has 0 fully saturated rings. The summed E-state index contributed by atoms with van der Waals surface area (Å²) in [5.41, 5.74) is 0.137. The summed E-state index contributed by atoms with van der Waals surface area (Å²) < 4.78 is 33.2. The zero-order valence-corrected chi connectivity index (χ0v) is 13.7. The van der Waals surface area contributed by atoms with Gasteiger partial charge in [-0.25, -0.2) is 12.7 Å². The molecule has 7 heteroatoms. The van der Waals surface area contributed by atoms with Gasteiger partial charge in [-0.15, -0.1) is 0 Å². The van der Waals surface area contributed by atoms with Gasteiger partial charge in [-0.1, -0.05) is 12.1 Å². The minimum atomic E-state index is -3.67. The molecule has 0 saturated carbocycles. The van der Waals surface area contributed by atoms with Crippen molar-refractivity contribution >= 4 is 21.4 Å². The standard InChI is InChI=1S/C16H19N3O3S/c1-17-10-5-9-16-22-15-8-3-2-7-14(15)19(23(16,20)21)13-6-4-11-18-12-13/h2-4,6-8,11-12,16-17H,5,9-10H2,1H3. The van der Waals surface area contributed by atoms with Crippen LogP contribution in [0.15, 0.2) is 48.8 Å². The number of para-hydroxylation sites is 2. The Morgan fingerprint density at radius 3 is 2.83 bits per heavy atom. The number of pyridine rings is 1. The van der Waals surface area contributed by atoms with E-state index in [9.17, 15) is 8.42 Å². The Kier molecular flexibility index (Phi) is 4.49. The molecule has 1 atom stereocenters. The molecule has 1 aliphatic heterocycles. The normalized spacial score (nSPS) is 19.0. The number of benzene rings is 1. The molecule has 0 bridgehead atoms. The molecule has 122 valence electrons. The van der Waals surface area contributed by atoms with Crippen LogP contribution in [0.3, 0.4) is 0 Å². The molecule has 1 aliphatic rings. The van der Waals surface area contributed by atoms with Crippen molar-refractivity contribution in [3.05, 3.63) is 48.8 Å². The number of nitrogens with one attached hydrogen (secondary N) is 1. The van der Waals surface area contributed by atoms with Crippen LogP contribution in [0.4, 0.5) is 11.4 Å². The summed E-state index contributed by atoms with van der Waals surface area (Å²) in [5.74, 6) is 0.570. The van der Waals surface area contributed by atoms with Gasteiger partial charge in [0.15, 0.2) is 0 Å². The van der Waals surface area contributed by atoms with Crippen molar-refractivity contribution in [2.24, 2.45) is 0 Å². The van der Waals surface area contributed by atoms with E-state index in [2.05, 4.69) is 10.3 Å². The van der Waals surface area contributed by atoms with Gasteiger partial charge in [0.25, 0.3) is 10.0 Å². The highest BCUT2D eigenvalue weighted by Gasteiger charge is 2.40. The lowest BCUT2D eigenvalue weighted by atomic mass is 10.2. The van der Waals surface area contributed by atoms with Gasteiger partial charge < -0.3 is 10.1 Å². The number of sulfonamides is 1. The molecule has 2 heterocycles. The molecule has 1 N–H and O–H groups in total. The van der Waals surface area contributed by atoms with Gasteiger partial charge in [0.05, 0.1) is 17.6 Å². The molecule has 0 aliphatic carbocycles. The number of nitrogens with zero attached hydrogens (tertiary/aromatic N) is 2. The Balaban J connectivity index is 2.04. The van der Waals surface area contributed by atoms with Crippen molar-refractivity contribution in [2.75, 3.05) is 17.9 Å². The Hall–Kier alpha value is -2.12. The van der Waals surface area contributed by atoms with E-state index in [0.717, 1.165) is 6.54 Å². The second-order valence-electron chi connectivity index (χ2n) is 5.28. The molecule has 2 aromatic rings. The van der Waals surface area contributed by atoms with Crippen molar-refractivity contribution in [1.82, 2.24) is 10.3 Å². The fraction of sp³-hybridized carbons (Fsp3) is 0.312. The molecule has 1 unspecified atom stereocenters. The minimum absolute atomic E-state index is 0.425. The Bertz CT molecular complexity index is 765. The summed E-state index contributed by atoms with van der Waals surface area (Å²) in [4.78, 5) is 4.04. The Labute approximate surface area is 136 Å². The lowest BCUT2D eigenvalue weighted by molar-refractivity contribution is 0.254. The average Bonchev–Trinajstić information content (AvgIpc) is 2.56. The van der Waals surface area contributed by atoms with Crippen LogP contribution in [0.1, 0.15) is 12.8 Å². The van der Waals surface area contributed by atoms with Crippen LogP contribution in [-0.4, -0.2) is 32.4 Å². The first-order chi connectivity index (χ1) is 11.1. The second-order valence-corrected chi connectivity index (χ2v) is 7.20. The lowest BCUT2D eigenvalue weighted by Gasteiger charge is -2.35. The van der Waals surface area contributed by atoms with Crippen molar-refractivity contribution < 1.29 is 13.2 Å². The molecular formula is C16H19N3O3S. The van der Waals surface area contributed by atoms with Gasteiger partial charge >= 0.3 is 0 Å². The zero-order chi connectivity index (χ0) is 16.3. The molecule has 0 spiro atoms. The summed E-state index contributed by atoms with van der Waals surface area (Å²) in [5, 5.41) is 3.02. The van der Waals surface area contributed by atoms with E-state index in [-0.39, 0.29) is 0 Å². The van der Waals surface area contributed by atoms with Gasteiger partial charge in [0.1, 0.15) is 5.75 Å². The van der Waals surface area contributed by atoms with Crippen molar-refractivity contribution in [2.45, 2.75) is 18.3 Å². The van der Waals surface area contributed by atoms with Crippen LogP contribution in [-0.2, 0) is 10.0 Å². The highest BCUT2D eigenvalue weighted by Crippen LogP contribution is 2.42. The number of hydrogen-bond donors (Lipinski definition) is 1. The smallest absolute Gasteiger partial charge is 0.278 e. The monoisotopic (exact) mass is 333 g/mol. The van der Waals surface area contributed by atoms with Crippen LogP contribution in [0, 0.1) is 0 Å². The first kappa shape index (κ1) is 15.8. The molecule has 1 aromatic heterocycles. The molecular weight excluding hydrogens is 314 g/mol. The number of ether oxygens (including phenoxy) is 1. The van der Waals surface area contributed by atoms with Gasteiger partial charge in [-0.3, -0.25) is 4.98 Å².